The number of carbonyl (C=O) groups excluding carboxylic acids is 2. The van der Waals surface area contributed by atoms with Crippen LogP contribution in [0.5, 0.6) is 0 Å². The van der Waals surface area contributed by atoms with E-state index in [9.17, 15) is 18.0 Å². The molecule has 0 aliphatic carbocycles. The largest absolute Gasteiger partial charge is 0.357 e. The van der Waals surface area contributed by atoms with Crippen molar-refractivity contribution in [2.24, 2.45) is 0 Å². The van der Waals surface area contributed by atoms with Crippen molar-refractivity contribution in [1.82, 2.24) is 10.2 Å². The van der Waals surface area contributed by atoms with E-state index in [1.807, 2.05) is 42.5 Å². The van der Waals surface area contributed by atoms with E-state index in [1.54, 1.807) is 36.4 Å². The summed E-state index contributed by atoms with van der Waals surface area (Å²) in [6.45, 7) is 0.210. The molecule has 2 amide bonds. The predicted molar refractivity (Wildman–Crippen MR) is 153 cm³/mol. The molecule has 0 unspecified atom stereocenters. The quantitative estimate of drug-likeness (QED) is 0.332. The maximum absolute atomic E-state index is 13.6. The van der Waals surface area contributed by atoms with E-state index in [4.69, 9.17) is 23.2 Å². The summed E-state index contributed by atoms with van der Waals surface area (Å²) in [5.41, 5.74) is 2.04. The summed E-state index contributed by atoms with van der Waals surface area (Å²) in [5.74, 6) is -0.583. The molecule has 0 spiro atoms. The summed E-state index contributed by atoms with van der Waals surface area (Å²) in [6.07, 6.45) is 1.69. The number of hydrogen-bond donors (Lipinski definition) is 1. The lowest BCUT2D eigenvalue weighted by Gasteiger charge is -2.32. The number of nitrogens with one attached hydrogen (secondary N) is 1. The Morgan fingerprint density at radius 3 is 2.26 bits per heavy atom. The van der Waals surface area contributed by atoms with Gasteiger partial charge in [0.15, 0.2) is 0 Å². The Morgan fingerprint density at radius 2 is 1.63 bits per heavy atom. The van der Waals surface area contributed by atoms with Gasteiger partial charge < -0.3 is 10.2 Å². The van der Waals surface area contributed by atoms with Gasteiger partial charge in [-0.25, -0.2) is 8.42 Å². The van der Waals surface area contributed by atoms with Crippen LogP contribution in [-0.4, -0.2) is 51.0 Å². The van der Waals surface area contributed by atoms with Gasteiger partial charge in [0.1, 0.15) is 6.04 Å². The normalized spacial score (nSPS) is 12.0. The molecule has 0 fully saturated rings. The van der Waals surface area contributed by atoms with Crippen LogP contribution in [0.2, 0.25) is 10.0 Å². The molecule has 0 bridgehead atoms. The van der Waals surface area contributed by atoms with Gasteiger partial charge in [0.2, 0.25) is 21.8 Å². The molecule has 3 aromatic rings. The van der Waals surface area contributed by atoms with Crippen molar-refractivity contribution in [3.05, 3.63) is 100 Å². The zero-order chi connectivity index (χ0) is 27.7. The molecular weight excluding hydrogens is 545 g/mol. The van der Waals surface area contributed by atoms with Crippen LogP contribution in [0.15, 0.2) is 78.9 Å². The molecule has 0 aliphatic heterocycles. The topological polar surface area (TPSA) is 86.8 Å². The first kappa shape index (κ1) is 29.5. The predicted octanol–water partition coefficient (Wildman–Crippen LogP) is 4.93. The molecule has 0 radical (unpaired) electrons. The molecule has 1 atom stereocenters. The van der Waals surface area contributed by atoms with Crippen molar-refractivity contribution in [2.75, 3.05) is 24.2 Å². The number of anilines is 1. The summed E-state index contributed by atoms with van der Waals surface area (Å²) in [4.78, 5) is 28.2. The highest BCUT2D eigenvalue weighted by atomic mass is 35.5. The first-order valence-electron chi connectivity index (χ1n) is 12.1. The van der Waals surface area contributed by atoms with Gasteiger partial charge in [-0.05, 0) is 41.8 Å². The highest BCUT2D eigenvalue weighted by molar-refractivity contribution is 7.92. The number of hydrogen-bond acceptors (Lipinski definition) is 4. The second kappa shape index (κ2) is 13.6. The smallest absolute Gasteiger partial charge is 0.242 e. The molecule has 10 heteroatoms. The Morgan fingerprint density at radius 1 is 0.947 bits per heavy atom. The monoisotopic (exact) mass is 575 g/mol. The Kier molecular flexibility index (Phi) is 10.6. The number of amides is 2. The summed E-state index contributed by atoms with van der Waals surface area (Å²) in [6, 6.07) is 22.4. The molecular formula is C28H31Cl2N3O4S. The molecule has 0 saturated heterocycles. The van der Waals surface area contributed by atoms with E-state index < -0.39 is 16.1 Å². The van der Waals surface area contributed by atoms with Crippen molar-refractivity contribution in [2.45, 2.75) is 31.8 Å². The van der Waals surface area contributed by atoms with E-state index in [0.29, 0.717) is 27.7 Å². The highest BCUT2D eigenvalue weighted by Gasteiger charge is 2.30. The number of carbonyl (C=O) groups is 2. The summed E-state index contributed by atoms with van der Waals surface area (Å²) < 4.78 is 26.2. The minimum absolute atomic E-state index is 0.0271. The van der Waals surface area contributed by atoms with E-state index >= 15 is 0 Å². The SMILES string of the molecule is CNC(=O)[C@@H](Cc1ccccc1)N(Cc1ccccc1Cl)C(=O)CCCN(c1cccc(Cl)c1)S(C)(=O)=O. The van der Waals surface area contributed by atoms with Gasteiger partial charge in [0.05, 0.1) is 11.9 Å². The van der Waals surface area contributed by atoms with Crippen LogP contribution in [0.4, 0.5) is 5.69 Å². The molecule has 0 aliphatic rings. The third-order valence-electron chi connectivity index (χ3n) is 6.06. The molecule has 0 heterocycles. The van der Waals surface area contributed by atoms with Crippen molar-refractivity contribution < 1.29 is 18.0 Å². The van der Waals surface area contributed by atoms with Crippen LogP contribution >= 0.6 is 23.2 Å². The average molecular weight is 577 g/mol. The molecule has 7 nitrogen and oxygen atoms in total. The van der Waals surface area contributed by atoms with Gasteiger partial charge in [-0.3, -0.25) is 13.9 Å². The van der Waals surface area contributed by atoms with E-state index in [1.165, 1.54) is 16.3 Å². The van der Waals surface area contributed by atoms with Crippen molar-refractivity contribution in [1.29, 1.82) is 0 Å². The second-order valence-electron chi connectivity index (χ2n) is 8.85. The molecule has 202 valence electrons. The lowest BCUT2D eigenvalue weighted by molar-refractivity contribution is -0.141. The van der Waals surface area contributed by atoms with Crippen LogP contribution in [0.25, 0.3) is 0 Å². The summed E-state index contributed by atoms with van der Waals surface area (Å²) >= 11 is 12.5. The van der Waals surface area contributed by atoms with Crippen molar-refractivity contribution >= 4 is 50.7 Å². The average Bonchev–Trinajstić information content (AvgIpc) is 2.89. The van der Waals surface area contributed by atoms with Crippen molar-refractivity contribution in [3.63, 3.8) is 0 Å². The molecule has 38 heavy (non-hydrogen) atoms. The maximum atomic E-state index is 13.6. The number of likely N-dealkylation sites (N-methyl/N-ethyl adjacent to an activating group) is 1. The number of halogens is 2. The standard InChI is InChI=1S/C28H31Cl2N3O4S/c1-31-28(35)26(18-21-10-4-3-5-11-21)32(20-22-12-6-7-15-25(22)30)27(34)16-9-17-33(38(2,36)37)24-14-8-13-23(29)19-24/h3-8,10-15,19,26H,9,16-18,20H2,1-2H3,(H,31,35)/t26-/m1/s1. The third kappa shape index (κ3) is 8.21. The van der Waals surface area contributed by atoms with Gasteiger partial charge in [0, 0.05) is 43.0 Å². The first-order valence-corrected chi connectivity index (χ1v) is 14.7. The second-order valence-corrected chi connectivity index (χ2v) is 11.6. The lowest BCUT2D eigenvalue weighted by atomic mass is 10.0. The molecule has 3 aromatic carbocycles. The molecule has 0 saturated carbocycles. The zero-order valence-electron chi connectivity index (χ0n) is 21.3. The van der Waals surface area contributed by atoms with Gasteiger partial charge in [-0.15, -0.1) is 0 Å². The lowest BCUT2D eigenvalue weighted by Crippen LogP contribution is -2.49. The third-order valence-corrected chi connectivity index (χ3v) is 7.86. The van der Waals surface area contributed by atoms with Gasteiger partial charge >= 0.3 is 0 Å². The van der Waals surface area contributed by atoms with Crippen LogP contribution < -0.4 is 9.62 Å². The van der Waals surface area contributed by atoms with Crippen molar-refractivity contribution in [3.8, 4) is 0 Å². The van der Waals surface area contributed by atoms with E-state index in [2.05, 4.69) is 5.32 Å². The minimum atomic E-state index is -3.61. The van der Waals surface area contributed by atoms with Crippen LogP contribution in [0.1, 0.15) is 24.0 Å². The Bertz CT molecular complexity index is 1350. The molecule has 0 aromatic heterocycles. The molecule has 3 rings (SSSR count). The van der Waals surface area contributed by atoms with Crippen LogP contribution in [0, 0.1) is 0 Å². The number of rotatable bonds is 12. The zero-order valence-corrected chi connectivity index (χ0v) is 23.6. The number of benzene rings is 3. The van der Waals surface area contributed by atoms with Crippen LogP contribution in [0.3, 0.4) is 0 Å². The Balaban J connectivity index is 1.85. The number of nitrogens with zero attached hydrogens (tertiary/aromatic N) is 2. The fourth-order valence-corrected chi connectivity index (χ4v) is 5.50. The first-order chi connectivity index (χ1) is 18.1. The van der Waals surface area contributed by atoms with E-state index in [-0.39, 0.29) is 37.7 Å². The maximum Gasteiger partial charge on any atom is 0.242 e. The Hall–Kier alpha value is -3.07. The fourth-order valence-electron chi connectivity index (χ4n) is 4.17. The highest BCUT2D eigenvalue weighted by Crippen LogP contribution is 2.24. The van der Waals surface area contributed by atoms with Crippen LogP contribution in [-0.2, 0) is 32.6 Å². The number of sulfonamides is 1. The minimum Gasteiger partial charge on any atom is -0.357 e. The fraction of sp³-hybridized carbons (Fsp3) is 0.286. The Labute approximate surface area is 234 Å². The van der Waals surface area contributed by atoms with Gasteiger partial charge in [0.25, 0.3) is 0 Å². The molecule has 1 N–H and O–H groups in total. The summed E-state index contributed by atoms with van der Waals surface area (Å²) in [5, 5.41) is 3.58. The summed E-state index contributed by atoms with van der Waals surface area (Å²) in [7, 11) is -2.08. The van der Waals surface area contributed by atoms with Gasteiger partial charge in [-0.1, -0.05) is 77.8 Å². The van der Waals surface area contributed by atoms with Gasteiger partial charge in [-0.2, -0.15) is 0 Å². The van der Waals surface area contributed by atoms with E-state index in [0.717, 1.165) is 11.8 Å².